The van der Waals surface area contributed by atoms with Crippen LogP contribution in [0.5, 0.6) is 0 Å². The van der Waals surface area contributed by atoms with E-state index >= 15 is 0 Å². The first-order chi connectivity index (χ1) is 8.72. The first-order valence-corrected chi connectivity index (χ1v) is 7.76. The minimum Gasteiger partial charge on any atom is -0.299 e. The third-order valence-corrected chi connectivity index (χ3v) is 4.87. The summed E-state index contributed by atoms with van der Waals surface area (Å²) in [5.74, 6) is 0. The summed E-state index contributed by atoms with van der Waals surface area (Å²) in [6.45, 7) is 5.53. The quantitative estimate of drug-likeness (QED) is 0.835. The number of hydrogen-bond donors (Lipinski definition) is 0. The van der Waals surface area contributed by atoms with Gasteiger partial charge in [0.05, 0.1) is 11.6 Å². The zero-order chi connectivity index (χ0) is 13.0. The SMILES string of the molecule is CSC1CCN(Cc2ccc(C#N)cc2C)CC1. The van der Waals surface area contributed by atoms with Gasteiger partial charge in [-0.1, -0.05) is 6.07 Å². The fourth-order valence-corrected chi connectivity index (χ4v) is 3.17. The van der Waals surface area contributed by atoms with Gasteiger partial charge in [-0.05, 0) is 62.4 Å². The number of aryl methyl sites for hydroxylation is 1. The van der Waals surface area contributed by atoms with E-state index in [1.54, 1.807) is 0 Å². The van der Waals surface area contributed by atoms with Crippen molar-refractivity contribution in [1.29, 1.82) is 5.26 Å². The molecule has 0 radical (unpaired) electrons. The first kappa shape index (κ1) is 13.5. The van der Waals surface area contributed by atoms with Gasteiger partial charge in [0, 0.05) is 11.8 Å². The molecular weight excluding hydrogens is 240 g/mol. The van der Waals surface area contributed by atoms with Crippen LogP contribution in [0.4, 0.5) is 0 Å². The maximum absolute atomic E-state index is 8.87. The third-order valence-electron chi connectivity index (χ3n) is 3.73. The molecule has 3 heteroatoms. The van der Waals surface area contributed by atoms with E-state index in [0.29, 0.717) is 0 Å². The highest BCUT2D eigenvalue weighted by atomic mass is 32.2. The molecule has 0 aromatic heterocycles. The lowest BCUT2D eigenvalue weighted by Gasteiger charge is -2.31. The van der Waals surface area contributed by atoms with Crippen LogP contribution in [0.25, 0.3) is 0 Å². The number of thioether (sulfide) groups is 1. The Labute approximate surface area is 114 Å². The van der Waals surface area contributed by atoms with E-state index in [2.05, 4.69) is 30.2 Å². The molecule has 0 atom stereocenters. The van der Waals surface area contributed by atoms with Crippen molar-refractivity contribution in [1.82, 2.24) is 4.90 Å². The van der Waals surface area contributed by atoms with Gasteiger partial charge in [0.25, 0.3) is 0 Å². The molecule has 0 bridgehead atoms. The molecule has 0 spiro atoms. The molecule has 0 N–H and O–H groups in total. The maximum atomic E-state index is 8.87. The molecule has 0 amide bonds. The highest BCUT2D eigenvalue weighted by molar-refractivity contribution is 7.99. The lowest BCUT2D eigenvalue weighted by atomic mass is 10.0. The summed E-state index contributed by atoms with van der Waals surface area (Å²) >= 11 is 2.00. The van der Waals surface area contributed by atoms with Gasteiger partial charge in [-0.3, -0.25) is 4.90 Å². The second kappa shape index (κ2) is 6.26. The van der Waals surface area contributed by atoms with Crippen molar-refractivity contribution in [2.45, 2.75) is 31.6 Å². The summed E-state index contributed by atoms with van der Waals surface area (Å²) in [6, 6.07) is 8.22. The molecule has 1 aromatic carbocycles. The summed E-state index contributed by atoms with van der Waals surface area (Å²) in [5, 5.41) is 9.72. The van der Waals surface area contributed by atoms with Crippen molar-refractivity contribution in [2.75, 3.05) is 19.3 Å². The standard InChI is InChI=1S/C15H20N2S/c1-12-9-13(10-16)3-4-14(12)11-17-7-5-15(18-2)6-8-17/h3-4,9,15H,5-8,11H2,1-2H3. The highest BCUT2D eigenvalue weighted by Crippen LogP contribution is 2.23. The lowest BCUT2D eigenvalue weighted by molar-refractivity contribution is 0.224. The summed E-state index contributed by atoms with van der Waals surface area (Å²) in [4.78, 5) is 2.53. The number of rotatable bonds is 3. The first-order valence-electron chi connectivity index (χ1n) is 6.47. The number of piperidine rings is 1. The van der Waals surface area contributed by atoms with E-state index in [0.717, 1.165) is 17.4 Å². The second-order valence-corrected chi connectivity index (χ2v) is 6.10. The molecule has 1 saturated heterocycles. The van der Waals surface area contributed by atoms with Crippen molar-refractivity contribution in [3.8, 4) is 6.07 Å². The smallest absolute Gasteiger partial charge is 0.0991 e. The van der Waals surface area contributed by atoms with E-state index in [1.807, 2.05) is 23.9 Å². The zero-order valence-electron chi connectivity index (χ0n) is 11.1. The minimum atomic E-state index is 0.761. The molecule has 1 aromatic rings. The van der Waals surface area contributed by atoms with E-state index in [9.17, 15) is 0 Å². The topological polar surface area (TPSA) is 27.0 Å². The van der Waals surface area contributed by atoms with Gasteiger partial charge in [0.2, 0.25) is 0 Å². The predicted octanol–water partition coefficient (Wildman–Crippen LogP) is 3.19. The van der Waals surface area contributed by atoms with E-state index < -0.39 is 0 Å². The van der Waals surface area contributed by atoms with Crippen molar-refractivity contribution in [3.05, 3.63) is 34.9 Å². The van der Waals surface area contributed by atoms with Crippen LogP contribution in [0.3, 0.4) is 0 Å². The Balaban J connectivity index is 1.96. The van der Waals surface area contributed by atoms with Gasteiger partial charge in [-0.25, -0.2) is 0 Å². The summed E-state index contributed by atoms with van der Waals surface area (Å²) in [5.41, 5.74) is 3.36. The molecule has 2 rings (SSSR count). The van der Waals surface area contributed by atoms with Gasteiger partial charge < -0.3 is 0 Å². The monoisotopic (exact) mass is 260 g/mol. The van der Waals surface area contributed by atoms with E-state index in [4.69, 9.17) is 5.26 Å². The van der Waals surface area contributed by atoms with Crippen LogP contribution < -0.4 is 0 Å². The van der Waals surface area contributed by atoms with Crippen LogP contribution in [0.15, 0.2) is 18.2 Å². The fraction of sp³-hybridized carbons (Fsp3) is 0.533. The Bertz CT molecular complexity index is 442. The number of nitrogens with zero attached hydrogens (tertiary/aromatic N) is 2. The largest absolute Gasteiger partial charge is 0.299 e. The second-order valence-electron chi connectivity index (χ2n) is 4.96. The summed E-state index contributed by atoms with van der Waals surface area (Å²) in [7, 11) is 0. The van der Waals surface area contributed by atoms with Gasteiger partial charge in [0.1, 0.15) is 0 Å². The van der Waals surface area contributed by atoms with E-state index in [-0.39, 0.29) is 0 Å². The Morgan fingerprint density at radius 2 is 2.11 bits per heavy atom. The number of hydrogen-bond acceptors (Lipinski definition) is 3. The Kier molecular flexibility index (Phi) is 4.68. The van der Waals surface area contributed by atoms with Crippen LogP contribution in [-0.2, 0) is 6.54 Å². The molecule has 2 nitrogen and oxygen atoms in total. The number of nitriles is 1. The van der Waals surface area contributed by atoms with Gasteiger partial charge in [0.15, 0.2) is 0 Å². The van der Waals surface area contributed by atoms with Crippen LogP contribution in [0, 0.1) is 18.3 Å². The van der Waals surface area contributed by atoms with Crippen LogP contribution in [-0.4, -0.2) is 29.5 Å². The Morgan fingerprint density at radius 3 is 2.67 bits per heavy atom. The summed E-state index contributed by atoms with van der Waals surface area (Å²) < 4.78 is 0. The maximum Gasteiger partial charge on any atom is 0.0991 e. The van der Waals surface area contributed by atoms with Crippen molar-refractivity contribution in [2.24, 2.45) is 0 Å². The molecule has 1 fully saturated rings. The van der Waals surface area contributed by atoms with Gasteiger partial charge in [-0.15, -0.1) is 0 Å². The van der Waals surface area contributed by atoms with Crippen LogP contribution in [0.1, 0.15) is 29.5 Å². The molecule has 0 saturated carbocycles. The third kappa shape index (κ3) is 3.28. The zero-order valence-corrected chi connectivity index (χ0v) is 12.0. The summed E-state index contributed by atoms with van der Waals surface area (Å²) in [6.07, 6.45) is 4.82. The normalized spacial score (nSPS) is 17.6. The van der Waals surface area contributed by atoms with Crippen molar-refractivity contribution >= 4 is 11.8 Å². The molecule has 0 aliphatic carbocycles. The average Bonchev–Trinajstić information content (AvgIpc) is 2.42. The predicted molar refractivity (Wildman–Crippen MR) is 77.7 cm³/mol. The van der Waals surface area contributed by atoms with Crippen molar-refractivity contribution < 1.29 is 0 Å². The molecule has 1 aliphatic heterocycles. The van der Waals surface area contributed by atoms with Gasteiger partial charge >= 0.3 is 0 Å². The highest BCUT2D eigenvalue weighted by Gasteiger charge is 2.18. The average molecular weight is 260 g/mol. The molecule has 18 heavy (non-hydrogen) atoms. The lowest BCUT2D eigenvalue weighted by Crippen LogP contribution is -2.34. The van der Waals surface area contributed by atoms with Gasteiger partial charge in [-0.2, -0.15) is 17.0 Å². The molecule has 1 heterocycles. The number of benzene rings is 1. The minimum absolute atomic E-state index is 0.761. The molecule has 0 unspecified atom stereocenters. The van der Waals surface area contributed by atoms with E-state index in [1.165, 1.54) is 37.1 Å². The Hall–Kier alpha value is -0.980. The molecular formula is C15H20N2S. The van der Waals surface area contributed by atoms with Crippen LogP contribution >= 0.6 is 11.8 Å². The van der Waals surface area contributed by atoms with Crippen molar-refractivity contribution in [3.63, 3.8) is 0 Å². The fourth-order valence-electron chi connectivity index (χ4n) is 2.49. The molecule has 1 aliphatic rings. The molecule has 96 valence electrons. The number of likely N-dealkylation sites (tertiary alicyclic amines) is 1. The van der Waals surface area contributed by atoms with Crippen LogP contribution in [0.2, 0.25) is 0 Å². The Morgan fingerprint density at radius 1 is 1.39 bits per heavy atom.